The van der Waals surface area contributed by atoms with E-state index in [1.807, 2.05) is 6.92 Å². The summed E-state index contributed by atoms with van der Waals surface area (Å²) < 4.78 is 56.0. The second-order valence-electron chi connectivity index (χ2n) is 6.00. The van der Waals surface area contributed by atoms with Crippen LogP contribution < -0.4 is 10.2 Å². The summed E-state index contributed by atoms with van der Waals surface area (Å²) in [5, 5.41) is 2.14. The predicted molar refractivity (Wildman–Crippen MR) is 98.7 cm³/mol. The normalized spacial score (nSPS) is 15.1. The molecule has 142 valence electrons. The van der Waals surface area contributed by atoms with Crippen molar-refractivity contribution in [2.45, 2.75) is 25.2 Å². The number of amidine groups is 1. The molecule has 1 aliphatic rings. The second kappa shape index (κ2) is 7.07. The molecule has 1 amide bonds. The van der Waals surface area contributed by atoms with Crippen LogP contribution in [0.25, 0.3) is 0 Å². The van der Waals surface area contributed by atoms with Crippen molar-refractivity contribution in [3.05, 3.63) is 53.6 Å². The fourth-order valence-corrected chi connectivity index (χ4v) is 4.10. The van der Waals surface area contributed by atoms with Crippen molar-refractivity contribution in [2.24, 2.45) is 4.40 Å². The third kappa shape index (κ3) is 3.55. The van der Waals surface area contributed by atoms with Gasteiger partial charge in [-0.25, -0.2) is 8.78 Å². The monoisotopic (exact) mass is 393 g/mol. The standard InChI is InChI=1S/C18H17F2N3O3S/c1-3-9-23-11(2)22-27(25,26)16-10-12(7-8-15(16)23)18(24)21-17-13(19)5-4-6-14(17)20/h4-8,10H,3,9H2,1-2H3,(H,21,24). The number of hydrogen-bond donors (Lipinski definition) is 1. The van der Waals surface area contributed by atoms with Crippen molar-refractivity contribution in [1.29, 1.82) is 0 Å². The smallest absolute Gasteiger partial charge is 0.286 e. The molecule has 9 heteroatoms. The zero-order valence-corrected chi connectivity index (χ0v) is 15.5. The number of anilines is 2. The van der Waals surface area contributed by atoms with E-state index < -0.39 is 33.3 Å². The molecule has 3 rings (SSSR count). The number of nitrogens with zero attached hydrogens (tertiary/aromatic N) is 2. The van der Waals surface area contributed by atoms with Crippen LogP contribution in [0, 0.1) is 11.6 Å². The van der Waals surface area contributed by atoms with Crippen LogP contribution in [0.15, 0.2) is 45.7 Å². The molecule has 1 N–H and O–H groups in total. The number of halogens is 2. The summed E-state index contributed by atoms with van der Waals surface area (Å²) in [6.07, 6.45) is 0.765. The van der Waals surface area contributed by atoms with Crippen molar-refractivity contribution in [3.63, 3.8) is 0 Å². The minimum absolute atomic E-state index is 0.0498. The lowest BCUT2D eigenvalue weighted by atomic mass is 10.1. The van der Waals surface area contributed by atoms with E-state index in [9.17, 15) is 22.0 Å². The first-order valence-corrected chi connectivity index (χ1v) is 9.67. The van der Waals surface area contributed by atoms with E-state index in [1.54, 1.807) is 11.8 Å². The summed E-state index contributed by atoms with van der Waals surface area (Å²) in [6, 6.07) is 7.26. The maximum Gasteiger partial charge on any atom is 0.286 e. The summed E-state index contributed by atoms with van der Waals surface area (Å²) in [4.78, 5) is 14.0. The number of fused-ring (bicyclic) bond motifs is 1. The van der Waals surface area contributed by atoms with Gasteiger partial charge in [0, 0.05) is 12.1 Å². The molecule has 6 nitrogen and oxygen atoms in total. The average Bonchev–Trinajstić information content (AvgIpc) is 2.61. The maximum absolute atomic E-state index is 13.7. The molecule has 0 saturated heterocycles. The Morgan fingerprint density at radius 3 is 2.48 bits per heavy atom. The lowest BCUT2D eigenvalue weighted by Gasteiger charge is -2.29. The molecule has 2 aromatic rings. The van der Waals surface area contributed by atoms with Crippen molar-refractivity contribution < 1.29 is 22.0 Å². The van der Waals surface area contributed by atoms with Crippen LogP contribution in [0.4, 0.5) is 20.2 Å². The predicted octanol–water partition coefficient (Wildman–Crippen LogP) is 3.55. The summed E-state index contributed by atoms with van der Waals surface area (Å²) >= 11 is 0. The number of benzene rings is 2. The summed E-state index contributed by atoms with van der Waals surface area (Å²) in [7, 11) is -3.97. The summed E-state index contributed by atoms with van der Waals surface area (Å²) in [5.41, 5.74) is -0.228. The summed E-state index contributed by atoms with van der Waals surface area (Å²) in [5.74, 6) is -2.34. The third-order valence-corrected chi connectivity index (χ3v) is 5.47. The van der Waals surface area contributed by atoms with E-state index in [2.05, 4.69) is 9.71 Å². The van der Waals surface area contributed by atoms with Gasteiger partial charge in [0.05, 0.1) is 5.69 Å². The van der Waals surface area contributed by atoms with Crippen molar-refractivity contribution >= 4 is 33.1 Å². The van der Waals surface area contributed by atoms with E-state index in [0.29, 0.717) is 18.1 Å². The molecule has 0 unspecified atom stereocenters. The van der Waals surface area contributed by atoms with Crippen LogP contribution in [0.2, 0.25) is 0 Å². The fourth-order valence-electron chi connectivity index (χ4n) is 2.84. The Morgan fingerprint density at radius 2 is 1.85 bits per heavy atom. The van der Waals surface area contributed by atoms with Crippen molar-refractivity contribution in [3.8, 4) is 0 Å². The van der Waals surface area contributed by atoms with Crippen LogP contribution in [0.1, 0.15) is 30.6 Å². The highest BCUT2D eigenvalue weighted by Crippen LogP contribution is 2.33. The van der Waals surface area contributed by atoms with Crippen LogP contribution in [-0.2, 0) is 10.0 Å². The summed E-state index contributed by atoms with van der Waals surface area (Å²) in [6.45, 7) is 4.10. The highest BCUT2D eigenvalue weighted by Gasteiger charge is 2.29. The van der Waals surface area contributed by atoms with E-state index in [-0.39, 0.29) is 10.5 Å². The Hall–Kier alpha value is -2.81. The number of hydrogen-bond acceptors (Lipinski definition) is 4. The van der Waals surface area contributed by atoms with Crippen LogP contribution in [0.5, 0.6) is 0 Å². The van der Waals surface area contributed by atoms with Gasteiger partial charge in [-0.2, -0.15) is 8.42 Å². The highest BCUT2D eigenvalue weighted by molar-refractivity contribution is 7.90. The van der Waals surface area contributed by atoms with Gasteiger partial charge in [-0.3, -0.25) is 4.79 Å². The van der Waals surface area contributed by atoms with Gasteiger partial charge in [0.25, 0.3) is 15.9 Å². The molecular formula is C18H17F2N3O3S. The molecule has 0 aromatic heterocycles. The zero-order valence-electron chi connectivity index (χ0n) is 14.7. The molecule has 0 fully saturated rings. The van der Waals surface area contributed by atoms with Gasteiger partial charge in [0.1, 0.15) is 28.1 Å². The molecule has 0 spiro atoms. The molecular weight excluding hydrogens is 376 g/mol. The molecule has 0 aliphatic carbocycles. The Bertz CT molecular complexity index is 1030. The first-order valence-electron chi connectivity index (χ1n) is 8.23. The van der Waals surface area contributed by atoms with E-state index in [4.69, 9.17) is 0 Å². The lowest BCUT2D eigenvalue weighted by Crippen LogP contribution is -2.34. The maximum atomic E-state index is 13.7. The number of para-hydroxylation sites is 1. The molecule has 1 heterocycles. The van der Waals surface area contributed by atoms with Gasteiger partial charge >= 0.3 is 0 Å². The van der Waals surface area contributed by atoms with Gasteiger partial charge in [-0.05, 0) is 43.7 Å². The quantitative estimate of drug-likeness (QED) is 0.862. The fraction of sp³-hybridized carbons (Fsp3) is 0.222. The Morgan fingerprint density at radius 1 is 1.19 bits per heavy atom. The van der Waals surface area contributed by atoms with Gasteiger partial charge in [-0.15, -0.1) is 4.40 Å². The van der Waals surface area contributed by atoms with Crippen molar-refractivity contribution in [1.82, 2.24) is 0 Å². The number of carbonyl (C=O) groups is 1. The Balaban J connectivity index is 2.00. The molecule has 0 radical (unpaired) electrons. The topological polar surface area (TPSA) is 78.8 Å². The lowest BCUT2D eigenvalue weighted by molar-refractivity contribution is 0.102. The van der Waals surface area contributed by atoms with Gasteiger partial charge in [-0.1, -0.05) is 13.0 Å². The SMILES string of the molecule is CCCN1C(C)=NS(=O)(=O)c2cc(C(=O)Nc3c(F)cccc3F)ccc21. The number of rotatable bonds is 4. The van der Waals surface area contributed by atoms with Gasteiger partial charge < -0.3 is 10.2 Å². The van der Waals surface area contributed by atoms with E-state index >= 15 is 0 Å². The second-order valence-corrected chi connectivity index (χ2v) is 7.57. The van der Waals surface area contributed by atoms with Crippen LogP contribution in [0.3, 0.4) is 0 Å². The molecule has 0 atom stereocenters. The molecule has 27 heavy (non-hydrogen) atoms. The average molecular weight is 393 g/mol. The van der Waals surface area contributed by atoms with Crippen LogP contribution in [-0.4, -0.2) is 26.7 Å². The largest absolute Gasteiger partial charge is 0.328 e. The number of amides is 1. The minimum atomic E-state index is -3.97. The minimum Gasteiger partial charge on any atom is -0.328 e. The molecule has 1 aliphatic heterocycles. The first-order chi connectivity index (χ1) is 12.7. The number of sulfonamides is 1. The van der Waals surface area contributed by atoms with Gasteiger partial charge in [0.15, 0.2) is 0 Å². The van der Waals surface area contributed by atoms with Crippen LogP contribution >= 0.6 is 0 Å². The third-order valence-electron chi connectivity index (χ3n) is 4.08. The van der Waals surface area contributed by atoms with Gasteiger partial charge in [0.2, 0.25) is 0 Å². The number of nitrogens with one attached hydrogen (secondary N) is 1. The van der Waals surface area contributed by atoms with E-state index in [0.717, 1.165) is 24.6 Å². The number of carbonyl (C=O) groups excluding carboxylic acids is 1. The van der Waals surface area contributed by atoms with E-state index in [1.165, 1.54) is 18.2 Å². The Kier molecular flexibility index (Phi) is 4.97. The molecule has 2 aromatic carbocycles. The first kappa shape index (κ1) is 19.0. The zero-order chi connectivity index (χ0) is 19.8. The Labute approximate surface area is 155 Å². The molecule has 0 bridgehead atoms. The highest BCUT2D eigenvalue weighted by atomic mass is 32.2. The van der Waals surface area contributed by atoms with Crippen molar-refractivity contribution in [2.75, 3.05) is 16.8 Å². The molecule has 0 saturated carbocycles.